The Morgan fingerprint density at radius 1 is 0.889 bits per heavy atom. The smallest absolute Gasteiger partial charge is 0.191 e. The maximum Gasteiger partial charge on any atom is 0.191 e. The normalized spacial score (nSPS) is 10.8. The van der Waals surface area contributed by atoms with Crippen molar-refractivity contribution in [2.24, 2.45) is 0 Å². The molecule has 0 amide bonds. The highest BCUT2D eigenvalue weighted by atomic mass is 32.2. The highest BCUT2D eigenvalue weighted by Crippen LogP contribution is 2.21. The third-order valence-electron chi connectivity index (χ3n) is 2.58. The van der Waals surface area contributed by atoms with Crippen LogP contribution in [0.1, 0.15) is 0 Å². The Morgan fingerprint density at radius 2 is 1.44 bits per heavy atom. The Bertz CT molecular complexity index is 668. The second-order valence-electron chi connectivity index (χ2n) is 3.81. The van der Waals surface area contributed by atoms with E-state index in [-0.39, 0.29) is 4.90 Å². The summed E-state index contributed by atoms with van der Waals surface area (Å²) >= 11 is 0. The summed E-state index contributed by atoms with van der Waals surface area (Å²) in [5.74, 6) is -0.488. The quantitative estimate of drug-likeness (QED) is 0.849. The molecule has 2 aromatic carbocycles. The van der Waals surface area contributed by atoms with Gasteiger partial charge in [0, 0.05) is 0 Å². The largest absolute Gasteiger partial charge is 0.223 e. The average molecular weight is 257 g/mol. The minimum atomic E-state index is -3.47. The standard InChI is InChI=1S/C14H11NO2S/c15-10-11-18(16,17)14-8-6-13(7-9-14)12-4-2-1-3-5-12/h1-9H,11H2. The molecule has 4 heteroatoms. The third kappa shape index (κ3) is 2.58. The predicted octanol–water partition coefficient (Wildman–Crippen LogP) is 2.65. The van der Waals surface area contributed by atoms with Crippen LogP contribution in [0.5, 0.6) is 0 Å². The summed E-state index contributed by atoms with van der Waals surface area (Å²) in [5, 5.41) is 8.47. The number of nitrogens with zero attached hydrogens (tertiary/aromatic N) is 1. The summed E-state index contributed by atoms with van der Waals surface area (Å²) in [6.45, 7) is 0. The zero-order chi connectivity index (χ0) is 13.0. The van der Waals surface area contributed by atoms with Crippen LogP contribution >= 0.6 is 0 Å². The van der Waals surface area contributed by atoms with Crippen LogP contribution in [-0.2, 0) is 9.84 Å². The fraction of sp³-hybridized carbons (Fsp3) is 0.0714. The zero-order valence-electron chi connectivity index (χ0n) is 9.58. The van der Waals surface area contributed by atoms with Crippen LogP contribution in [0.25, 0.3) is 11.1 Å². The van der Waals surface area contributed by atoms with Gasteiger partial charge in [-0.2, -0.15) is 5.26 Å². The van der Waals surface area contributed by atoms with Gasteiger partial charge in [0.1, 0.15) is 5.75 Å². The van der Waals surface area contributed by atoms with E-state index in [2.05, 4.69) is 0 Å². The van der Waals surface area contributed by atoms with E-state index in [9.17, 15) is 8.42 Å². The van der Waals surface area contributed by atoms with Crippen LogP contribution in [0.4, 0.5) is 0 Å². The molecule has 0 aliphatic carbocycles. The molecule has 0 spiro atoms. The first-order chi connectivity index (χ1) is 8.63. The fourth-order valence-electron chi connectivity index (χ4n) is 1.65. The molecule has 3 nitrogen and oxygen atoms in total. The maximum absolute atomic E-state index is 11.7. The maximum atomic E-state index is 11.7. The lowest BCUT2D eigenvalue weighted by molar-refractivity contribution is 0.599. The second kappa shape index (κ2) is 5.03. The molecular formula is C14H11NO2S. The van der Waals surface area contributed by atoms with E-state index in [4.69, 9.17) is 5.26 Å². The third-order valence-corrected chi connectivity index (χ3v) is 4.07. The van der Waals surface area contributed by atoms with Gasteiger partial charge in [0.05, 0.1) is 11.0 Å². The molecule has 2 rings (SSSR count). The lowest BCUT2D eigenvalue weighted by Crippen LogP contribution is -2.04. The van der Waals surface area contributed by atoms with E-state index < -0.39 is 15.6 Å². The molecule has 0 radical (unpaired) electrons. The number of nitriles is 1. The van der Waals surface area contributed by atoms with Gasteiger partial charge in [-0.1, -0.05) is 42.5 Å². The van der Waals surface area contributed by atoms with Crippen molar-refractivity contribution in [3.63, 3.8) is 0 Å². The van der Waals surface area contributed by atoms with Crippen LogP contribution in [0.2, 0.25) is 0 Å². The summed E-state index contributed by atoms with van der Waals surface area (Å²) in [6, 6.07) is 17.9. The Balaban J connectivity index is 2.35. The summed E-state index contributed by atoms with van der Waals surface area (Å²) < 4.78 is 23.3. The van der Waals surface area contributed by atoms with E-state index in [0.717, 1.165) is 11.1 Å². The van der Waals surface area contributed by atoms with E-state index in [0.29, 0.717) is 0 Å². The SMILES string of the molecule is N#CCS(=O)(=O)c1ccc(-c2ccccc2)cc1. The highest BCUT2D eigenvalue weighted by molar-refractivity contribution is 7.91. The molecule has 0 aliphatic heterocycles. The Kier molecular flexibility index (Phi) is 3.45. The molecule has 0 atom stereocenters. The molecule has 0 saturated heterocycles. The van der Waals surface area contributed by atoms with Crippen molar-refractivity contribution < 1.29 is 8.42 Å². The second-order valence-corrected chi connectivity index (χ2v) is 5.80. The fourth-order valence-corrected chi connectivity index (χ4v) is 2.54. The van der Waals surface area contributed by atoms with Crippen molar-refractivity contribution in [2.75, 3.05) is 5.75 Å². The highest BCUT2D eigenvalue weighted by Gasteiger charge is 2.13. The van der Waals surface area contributed by atoms with Gasteiger partial charge in [0.2, 0.25) is 0 Å². The molecular weight excluding hydrogens is 246 g/mol. The molecule has 0 aliphatic rings. The van der Waals surface area contributed by atoms with Crippen LogP contribution in [0.15, 0.2) is 59.5 Å². The minimum Gasteiger partial charge on any atom is -0.223 e. The van der Waals surface area contributed by atoms with Gasteiger partial charge in [0.15, 0.2) is 9.84 Å². The first kappa shape index (κ1) is 12.3. The lowest BCUT2D eigenvalue weighted by Gasteiger charge is -2.03. The van der Waals surface area contributed by atoms with Gasteiger partial charge in [-0.3, -0.25) is 0 Å². The number of benzene rings is 2. The Morgan fingerprint density at radius 3 is 2.00 bits per heavy atom. The zero-order valence-corrected chi connectivity index (χ0v) is 10.4. The number of rotatable bonds is 3. The minimum absolute atomic E-state index is 0.184. The Hall–Kier alpha value is -2.12. The molecule has 0 unspecified atom stereocenters. The van der Waals surface area contributed by atoms with E-state index in [1.165, 1.54) is 12.1 Å². The lowest BCUT2D eigenvalue weighted by atomic mass is 10.1. The van der Waals surface area contributed by atoms with Crippen molar-refractivity contribution in [2.45, 2.75) is 4.90 Å². The molecule has 0 bridgehead atoms. The van der Waals surface area contributed by atoms with E-state index in [1.54, 1.807) is 18.2 Å². The van der Waals surface area contributed by atoms with Crippen molar-refractivity contribution in [1.82, 2.24) is 0 Å². The van der Waals surface area contributed by atoms with Gasteiger partial charge in [-0.25, -0.2) is 8.42 Å². The predicted molar refractivity (Wildman–Crippen MR) is 69.5 cm³/mol. The van der Waals surface area contributed by atoms with E-state index in [1.807, 2.05) is 30.3 Å². The van der Waals surface area contributed by atoms with Crippen LogP contribution in [0.3, 0.4) is 0 Å². The van der Waals surface area contributed by atoms with Crippen molar-refractivity contribution in [3.05, 3.63) is 54.6 Å². The topological polar surface area (TPSA) is 57.9 Å². The van der Waals surface area contributed by atoms with Gasteiger partial charge in [0.25, 0.3) is 0 Å². The first-order valence-electron chi connectivity index (χ1n) is 5.39. The molecule has 0 aromatic heterocycles. The van der Waals surface area contributed by atoms with Crippen molar-refractivity contribution in [1.29, 1.82) is 5.26 Å². The van der Waals surface area contributed by atoms with Crippen molar-refractivity contribution >= 4 is 9.84 Å². The van der Waals surface area contributed by atoms with Gasteiger partial charge in [-0.05, 0) is 23.3 Å². The van der Waals surface area contributed by atoms with Gasteiger partial charge in [-0.15, -0.1) is 0 Å². The molecule has 0 heterocycles. The number of sulfone groups is 1. The van der Waals surface area contributed by atoms with Crippen LogP contribution in [0, 0.1) is 11.3 Å². The summed E-state index contributed by atoms with van der Waals surface area (Å²) in [4.78, 5) is 0.184. The van der Waals surface area contributed by atoms with Gasteiger partial charge < -0.3 is 0 Å². The van der Waals surface area contributed by atoms with Gasteiger partial charge >= 0.3 is 0 Å². The Labute approximate surface area is 106 Å². The average Bonchev–Trinajstić information content (AvgIpc) is 2.40. The first-order valence-corrected chi connectivity index (χ1v) is 7.04. The molecule has 0 saturated carbocycles. The number of hydrogen-bond donors (Lipinski definition) is 0. The van der Waals surface area contributed by atoms with Crippen LogP contribution < -0.4 is 0 Å². The molecule has 0 N–H and O–H groups in total. The van der Waals surface area contributed by atoms with Crippen molar-refractivity contribution in [3.8, 4) is 17.2 Å². The van der Waals surface area contributed by atoms with Crippen LogP contribution in [-0.4, -0.2) is 14.2 Å². The number of hydrogen-bond acceptors (Lipinski definition) is 3. The molecule has 90 valence electrons. The molecule has 18 heavy (non-hydrogen) atoms. The summed E-state index contributed by atoms with van der Waals surface area (Å²) in [5.41, 5.74) is 1.98. The molecule has 0 fully saturated rings. The van der Waals surface area contributed by atoms with E-state index >= 15 is 0 Å². The molecule has 2 aromatic rings. The monoisotopic (exact) mass is 257 g/mol. The summed E-state index contributed by atoms with van der Waals surface area (Å²) in [6.07, 6.45) is 0. The summed E-state index contributed by atoms with van der Waals surface area (Å²) in [7, 11) is -3.47.